The molecule has 0 unspecified atom stereocenters. The van der Waals surface area contributed by atoms with E-state index in [4.69, 9.17) is 4.74 Å². The second-order valence-electron chi connectivity index (χ2n) is 7.04. The van der Waals surface area contributed by atoms with Crippen LogP contribution in [0, 0.1) is 0 Å². The first kappa shape index (κ1) is 16.9. The fourth-order valence-corrected chi connectivity index (χ4v) is 3.67. The van der Waals surface area contributed by atoms with Gasteiger partial charge in [0.25, 0.3) is 0 Å². The maximum Gasteiger partial charge on any atom is 0.0949 e. The Hall–Kier alpha value is -2.58. The van der Waals surface area contributed by atoms with Crippen LogP contribution in [0.2, 0.25) is 0 Å². The molecule has 2 nitrogen and oxygen atoms in total. The molecule has 2 heteroatoms. The van der Waals surface area contributed by atoms with E-state index in [1.165, 1.54) is 22.4 Å². The molecule has 1 saturated carbocycles. The molecule has 4 rings (SSSR count). The summed E-state index contributed by atoms with van der Waals surface area (Å²) in [6, 6.07) is 30.1. The number of benzene rings is 3. The van der Waals surface area contributed by atoms with E-state index in [1.54, 1.807) is 0 Å². The van der Waals surface area contributed by atoms with Crippen LogP contribution >= 0.6 is 0 Å². The number of methoxy groups -OCH3 is 1. The van der Waals surface area contributed by atoms with Gasteiger partial charge in [0, 0.05) is 31.5 Å². The Morgan fingerprint density at radius 3 is 1.73 bits per heavy atom. The molecule has 0 spiro atoms. The molecule has 0 amide bonds. The van der Waals surface area contributed by atoms with Crippen LogP contribution in [0.15, 0.2) is 84.9 Å². The number of rotatable bonds is 7. The van der Waals surface area contributed by atoms with Crippen molar-refractivity contribution in [1.29, 1.82) is 0 Å². The minimum absolute atomic E-state index is 0.0950. The lowest BCUT2D eigenvalue weighted by atomic mass is 10.0. The van der Waals surface area contributed by atoms with Crippen LogP contribution in [0.1, 0.15) is 29.5 Å². The van der Waals surface area contributed by atoms with E-state index in [-0.39, 0.29) is 5.60 Å². The summed E-state index contributed by atoms with van der Waals surface area (Å²) in [5, 5.41) is 0. The fraction of sp³-hybridized carbons (Fsp3) is 0.250. The van der Waals surface area contributed by atoms with Gasteiger partial charge in [0.15, 0.2) is 0 Å². The third kappa shape index (κ3) is 3.51. The standard InChI is InChI=1S/C24H25NO/c1-26-24(16-17-24)22-14-8-9-15-23(22)25(18-20-10-4-2-5-11-20)19-21-12-6-3-7-13-21/h2-15H,16-19H2,1H3. The van der Waals surface area contributed by atoms with Crippen LogP contribution in [0.4, 0.5) is 5.69 Å². The number of ether oxygens (including phenoxy) is 1. The van der Waals surface area contributed by atoms with E-state index in [0.29, 0.717) is 0 Å². The number of hydrogen-bond acceptors (Lipinski definition) is 2. The van der Waals surface area contributed by atoms with Crippen molar-refractivity contribution < 1.29 is 4.74 Å². The normalized spacial score (nSPS) is 14.8. The van der Waals surface area contributed by atoms with Crippen molar-refractivity contribution >= 4 is 5.69 Å². The largest absolute Gasteiger partial charge is 0.373 e. The van der Waals surface area contributed by atoms with Gasteiger partial charge in [-0.2, -0.15) is 0 Å². The van der Waals surface area contributed by atoms with Gasteiger partial charge in [0.05, 0.1) is 5.60 Å². The summed E-state index contributed by atoms with van der Waals surface area (Å²) >= 11 is 0. The van der Waals surface area contributed by atoms with Gasteiger partial charge in [-0.25, -0.2) is 0 Å². The summed E-state index contributed by atoms with van der Waals surface area (Å²) < 4.78 is 5.90. The minimum Gasteiger partial charge on any atom is -0.373 e. The Kier molecular flexibility index (Phi) is 4.77. The van der Waals surface area contributed by atoms with E-state index in [1.807, 2.05) is 7.11 Å². The lowest BCUT2D eigenvalue weighted by Gasteiger charge is -2.30. The first-order valence-electron chi connectivity index (χ1n) is 9.28. The van der Waals surface area contributed by atoms with Gasteiger partial charge in [-0.1, -0.05) is 78.9 Å². The van der Waals surface area contributed by atoms with E-state index in [2.05, 4.69) is 89.8 Å². The Morgan fingerprint density at radius 2 is 1.23 bits per heavy atom. The summed E-state index contributed by atoms with van der Waals surface area (Å²) in [7, 11) is 1.84. The molecule has 26 heavy (non-hydrogen) atoms. The van der Waals surface area contributed by atoms with Gasteiger partial charge in [0.2, 0.25) is 0 Å². The van der Waals surface area contributed by atoms with Crippen molar-refractivity contribution in [2.24, 2.45) is 0 Å². The van der Waals surface area contributed by atoms with Crippen LogP contribution in [0.25, 0.3) is 0 Å². The molecule has 0 radical (unpaired) electrons. The molecular formula is C24H25NO. The first-order chi connectivity index (χ1) is 12.8. The highest BCUT2D eigenvalue weighted by atomic mass is 16.5. The van der Waals surface area contributed by atoms with Crippen LogP contribution in [-0.2, 0) is 23.4 Å². The van der Waals surface area contributed by atoms with Crippen LogP contribution in [-0.4, -0.2) is 7.11 Å². The Labute approximate surface area is 156 Å². The first-order valence-corrected chi connectivity index (χ1v) is 9.28. The van der Waals surface area contributed by atoms with Gasteiger partial charge < -0.3 is 9.64 Å². The monoisotopic (exact) mass is 343 g/mol. The predicted octanol–water partition coefficient (Wildman–Crippen LogP) is 5.53. The third-order valence-corrected chi connectivity index (χ3v) is 5.26. The fourth-order valence-electron chi connectivity index (χ4n) is 3.67. The molecule has 3 aromatic carbocycles. The van der Waals surface area contributed by atoms with Crippen molar-refractivity contribution in [1.82, 2.24) is 0 Å². The van der Waals surface area contributed by atoms with Gasteiger partial charge >= 0.3 is 0 Å². The highest BCUT2D eigenvalue weighted by molar-refractivity contribution is 5.58. The van der Waals surface area contributed by atoms with E-state index >= 15 is 0 Å². The smallest absolute Gasteiger partial charge is 0.0949 e. The average molecular weight is 343 g/mol. The zero-order valence-corrected chi connectivity index (χ0v) is 15.3. The molecule has 3 aromatic rings. The number of nitrogens with zero attached hydrogens (tertiary/aromatic N) is 1. The molecule has 0 heterocycles. The molecule has 132 valence electrons. The van der Waals surface area contributed by atoms with Gasteiger partial charge in [-0.15, -0.1) is 0 Å². The van der Waals surface area contributed by atoms with Gasteiger partial charge in [-0.3, -0.25) is 0 Å². The van der Waals surface area contributed by atoms with Crippen molar-refractivity contribution in [2.75, 3.05) is 12.0 Å². The summed E-state index contributed by atoms with van der Waals surface area (Å²) in [5.41, 5.74) is 5.14. The molecule has 0 bridgehead atoms. The summed E-state index contributed by atoms with van der Waals surface area (Å²) in [5.74, 6) is 0. The van der Waals surface area contributed by atoms with E-state index in [0.717, 1.165) is 25.9 Å². The van der Waals surface area contributed by atoms with Crippen molar-refractivity contribution in [3.63, 3.8) is 0 Å². The average Bonchev–Trinajstić information content (AvgIpc) is 3.50. The van der Waals surface area contributed by atoms with Crippen LogP contribution in [0.5, 0.6) is 0 Å². The Bertz CT molecular complexity index is 799. The second kappa shape index (κ2) is 7.35. The van der Waals surface area contributed by atoms with Crippen LogP contribution in [0.3, 0.4) is 0 Å². The van der Waals surface area contributed by atoms with E-state index in [9.17, 15) is 0 Å². The predicted molar refractivity (Wildman–Crippen MR) is 107 cm³/mol. The maximum atomic E-state index is 5.90. The molecule has 1 aliphatic rings. The van der Waals surface area contributed by atoms with Gasteiger partial charge in [0.1, 0.15) is 0 Å². The molecule has 1 fully saturated rings. The topological polar surface area (TPSA) is 12.5 Å². The van der Waals surface area contributed by atoms with Gasteiger partial charge in [-0.05, 0) is 30.0 Å². The highest BCUT2D eigenvalue weighted by Gasteiger charge is 2.46. The van der Waals surface area contributed by atoms with Crippen molar-refractivity contribution in [2.45, 2.75) is 31.5 Å². The zero-order valence-electron chi connectivity index (χ0n) is 15.3. The SMILES string of the molecule is COC1(c2ccccc2N(Cc2ccccc2)Cc2ccccc2)CC1. The zero-order chi connectivity index (χ0) is 17.8. The minimum atomic E-state index is -0.0950. The van der Waals surface area contributed by atoms with Crippen LogP contribution < -0.4 is 4.90 Å². The molecule has 0 aliphatic heterocycles. The summed E-state index contributed by atoms with van der Waals surface area (Å²) in [6.45, 7) is 1.76. The van der Waals surface area contributed by atoms with Crippen molar-refractivity contribution in [3.8, 4) is 0 Å². The molecule has 0 aromatic heterocycles. The molecular weight excluding hydrogens is 318 g/mol. The molecule has 0 saturated heterocycles. The number of hydrogen-bond donors (Lipinski definition) is 0. The summed E-state index contributed by atoms with van der Waals surface area (Å²) in [6.07, 6.45) is 2.20. The second-order valence-corrected chi connectivity index (χ2v) is 7.04. The quantitative estimate of drug-likeness (QED) is 0.559. The van der Waals surface area contributed by atoms with Crippen molar-refractivity contribution in [3.05, 3.63) is 102 Å². The lowest BCUT2D eigenvalue weighted by Crippen LogP contribution is -2.25. The Morgan fingerprint density at radius 1 is 0.731 bits per heavy atom. The van der Waals surface area contributed by atoms with E-state index < -0.39 is 0 Å². The highest BCUT2D eigenvalue weighted by Crippen LogP contribution is 2.51. The number of anilines is 1. The molecule has 0 N–H and O–H groups in total. The lowest BCUT2D eigenvalue weighted by molar-refractivity contribution is 0.0792. The summed E-state index contributed by atoms with van der Waals surface area (Å²) in [4.78, 5) is 2.47. The third-order valence-electron chi connectivity index (χ3n) is 5.26. The molecule has 0 atom stereocenters. The Balaban J connectivity index is 1.71. The molecule has 1 aliphatic carbocycles. The maximum absolute atomic E-state index is 5.90. The number of para-hydroxylation sites is 1.